The molecule has 0 radical (unpaired) electrons. The summed E-state index contributed by atoms with van der Waals surface area (Å²) in [6.45, 7) is 0.511. The zero-order chi connectivity index (χ0) is 11.8. The van der Waals surface area contributed by atoms with Gasteiger partial charge in [0.25, 0.3) is 5.91 Å². The SMILES string of the molecule is CNNC(=O)COCc1ccc(SC)cc1. The zero-order valence-corrected chi connectivity index (χ0v) is 10.3. The van der Waals surface area contributed by atoms with Crippen LogP contribution in [0.4, 0.5) is 0 Å². The van der Waals surface area contributed by atoms with Gasteiger partial charge in [0.05, 0.1) is 6.61 Å². The van der Waals surface area contributed by atoms with Crippen molar-refractivity contribution in [2.45, 2.75) is 11.5 Å². The Kier molecular flexibility index (Phi) is 5.92. The second kappa shape index (κ2) is 7.27. The highest BCUT2D eigenvalue weighted by Gasteiger charge is 1.99. The highest BCUT2D eigenvalue weighted by molar-refractivity contribution is 7.98. The topological polar surface area (TPSA) is 50.4 Å². The number of hydrogen-bond acceptors (Lipinski definition) is 4. The standard InChI is InChI=1S/C11H16N2O2S/c1-12-13-11(14)8-15-7-9-3-5-10(16-2)6-4-9/h3-6,12H,7-8H2,1-2H3,(H,13,14). The van der Waals surface area contributed by atoms with E-state index in [0.29, 0.717) is 6.61 Å². The maximum atomic E-state index is 11.0. The summed E-state index contributed by atoms with van der Waals surface area (Å²) in [4.78, 5) is 12.3. The first-order valence-corrected chi connectivity index (χ1v) is 6.15. The summed E-state index contributed by atoms with van der Waals surface area (Å²) in [5.74, 6) is -0.178. The normalized spacial score (nSPS) is 10.1. The fourth-order valence-corrected chi connectivity index (χ4v) is 1.57. The number of carbonyl (C=O) groups excluding carboxylic acids is 1. The van der Waals surface area contributed by atoms with Crippen molar-refractivity contribution in [1.29, 1.82) is 0 Å². The van der Waals surface area contributed by atoms with E-state index in [0.717, 1.165) is 5.56 Å². The van der Waals surface area contributed by atoms with Gasteiger partial charge in [-0.3, -0.25) is 10.2 Å². The minimum absolute atomic E-state index is 0.0606. The average Bonchev–Trinajstić information content (AvgIpc) is 2.30. The van der Waals surface area contributed by atoms with E-state index in [1.54, 1.807) is 18.8 Å². The van der Waals surface area contributed by atoms with E-state index in [1.165, 1.54) is 4.90 Å². The van der Waals surface area contributed by atoms with E-state index in [-0.39, 0.29) is 12.5 Å². The summed E-state index contributed by atoms with van der Waals surface area (Å²) in [6.07, 6.45) is 2.04. The number of nitrogens with one attached hydrogen (secondary N) is 2. The Morgan fingerprint density at radius 1 is 1.38 bits per heavy atom. The van der Waals surface area contributed by atoms with E-state index in [1.807, 2.05) is 30.5 Å². The first kappa shape index (κ1) is 13.0. The third-order valence-electron chi connectivity index (χ3n) is 1.93. The van der Waals surface area contributed by atoms with Crippen molar-refractivity contribution in [3.05, 3.63) is 29.8 Å². The molecule has 0 spiro atoms. The number of amides is 1. The lowest BCUT2D eigenvalue weighted by Crippen LogP contribution is -2.36. The van der Waals surface area contributed by atoms with E-state index < -0.39 is 0 Å². The molecule has 0 aliphatic heterocycles. The van der Waals surface area contributed by atoms with Gasteiger partial charge in [0, 0.05) is 11.9 Å². The van der Waals surface area contributed by atoms with Crippen LogP contribution >= 0.6 is 11.8 Å². The second-order valence-corrected chi connectivity index (χ2v) is 4.02. The molecule has 0 bridgehead atoms. The summed E-state index contributed by atoms with van der Waals surface area (Å²) in [6, 6.07) is 8.08. The molecule has 0 aliphatic rings. The Morgan fingerprint density at radius 3 is 2.62 bits per heavy atom. The van der Waals surface area contributed by atoms with Crippen LogP contribution in [-0.4, -0.2) is 25.8 Å². The second-order valence-electron chi connectivity index (χ2n) is 3.14. The van der Waals surface area contributed by atoms with Crippen molar-refractivity contribution in [2.75, 3.05) is 19.9 Å². The molecule has 0 saturated carbocycles. The largest absolute Gasteiger partial charge is 0.367 e. The molecule has 5 heteroatoms. The highest BCUT2D eigenvalue weighted by Crippen LogP contribution is 2.15. The van der Waals surface area contributed by atoms with Gasteiger partial charge in [0.2, 0.25) is 0 Å². The number of rotatable bonds is 6. The Hall–Kier alpha value is -1.04. The number of ether oxygens (including phenoxy) is 1. The molecule has 16 heavy (non-hydrogen) atoms. The summed E-state index contributed by atoms with van der Waals surface area (Å²) >= 11 is 1.70. The van der Waals surface area contributed by atoms with Gasteiger partial charge >= 0.3 is 0 Å². The van der Waals surface area contributed by atoms with Gasteiger partial charge in [-0.1, -0.05) is 12.1 Å². The van der Waals surface area contributed by atoms with Crippen molar-refractivity contribution >= 4 is 17.7 Å². The van der Waals surface area contributed by atoms with Crippen LogP contribution in [0.5, 0.6) is 0 Å². The van der Waals surface area contributed by atoms with Crippen LogP contribution in [0, 0.1) is 0 Å². The van der Waals surface area contributed by atoms with Gasteiger partial charge in [-0.05, 0) is 24.0 Å². The number of hydrazine groups is 1. The van der Waals surface area contributed by atoms with Crippen molar-refractivity contribution in [3.63, 3.8) is 0 Å². The number of benzene rings is 1. The lowest BCUT2D eigenvalue weighted by atomic mass is 10.2. The molecular weight excluding hydrogens is 224 g/mol. The molecule has 0 heterocycles. The lowest BCUT2D eigenvalue weighted by molar-refractivity contribution is -0.126. The van der Waals surface area contributed by atoms with Gasteiger partial charge < -0.3 is 4.74 Å². The van der Waals surface area contributed by atoms with E-state index in [9.17, 15) is 4.79 Å². The third kappa shape index (κ3) is 4.65. The fourth-order valence-electron chi connectivity index (χ4n) is 1.16. The third-order valence-corrected chi connectivity index (χ3v) is 2.67. The smallest absolute Gasteiger partial charge is 0.260 e. The molecule has 88 valence electrons. The van der Waals surface area contributed by atoms with E-state index in [4.69, 9.17) is 4.74 Å². The van der Waals surface area contributed by atoms with Crippen LogP contribution < -0.4 is 10.9 Å². The van der Waals surface area contributed by atoms with Gasteiger partial charge in [-0.15, -0.1) is 11.8 Å². The van der Waals surface area contributed by atoms with Gasteiger partial charge in [-0.25, -0.2) is 5.43 Å². The predicted molar refractivity (Wildman–Crippen MR) is 65.1 cm³/mol. The number of hydrogen-bond donors (Lipinski definition) is 2. The average molecular weight is 240 g/mol. The van der Waals surface area contributed by atoms with Crippen molar-refractivity contribution in [2.24, 2.45) is 0 Å². The minimum Gasteiger partial charge on any atom is -0.367 e. The fraction of sp³-hybridized carbons (Fsp3) is 0.364. The quantitative estimate of drug-likeness (QED) is 0.579. The van der Waals surface area contributed by atoms with E-state index >= 15 is 0 Å². The van der Waals surface area contributed by atoms with Crippen molar-refractivity contribution < 1.29 is 9.53 Å². The van der Waals surface area contributed by atoms with E-state index in [2.05, 4.69) is 10.9 Å². The van der Waals surface area contributed by atoms with Crippen molar-refractivity contribution in [3.8, 4) is 0 Å². The number of thioether (sulfide) groups is 1. The first-order chi connectivity index (χ1) is 7.76. The van der Waals surface area contributed by atoms with Gasteiger partial charge in [0.15, 0.2) is 0 Å². The Morgan fingerprint density at radius 2 is 2.06 bits per heavy atom. The summed E-state index contributed by atoms with van der Waals surface area (Å²) in [7, 11) is 1.64. The summed E-state index contributed by atoms with van der Waals surface area (Å²) < 4.78 is 5.25. The van der Waals surface area contributed by atoms with Crippen LogP contribution in [0.3, 0.4) is 0 Å². The van der Waals surface area contributed by atoms with Crippen LogP contribution in [0.2, 0.25) is 0 Å². The molecule has 0 fully saturated rings. The van der Waals surface area contributed by atoms with Crippen LogP contribution in [0.1, 0.15) is 5.56 Å². The molecule has 0 unspecified atom stereocenters. The maximum absolute atomic E-state index is 11.0. The first-order valence-electron chi connectivity index (χ1n) is 4.92. The molecule has 1 amide bonds. The molecule has 0 saturated heterocycles. The van der Waals surface area contributed by atoms with Crippen molar-refractivity contribution in [1.82, 2.24) is 10.9 Å². The highest BCUT2D eigenvalue weighted by atomic mass is 32.2. The molecule has 2 N–H and O–H groups in total. The van der Waals surface area contributed by atoms with Crippen LogP contribution in [0.25, 0.3) is 0 Å². The minimum atomic E-state index is -0.178. The summed E-state index contributed by atoms with van der Waals surface area (Å²) in [5.41, 5.74) is 6.05. The molecular formula is C11H16N2O2S. The zero-order valence-electron chi connectivity index (χ0n) is 9.45. The molecule has 4 nitrogen and oxygen atoms in total. The monoisotopic (exact) mass is 240 g/mol. The van der Waals surface area contributed by atoms with Gasteiger partial charge in [-0.2, -0.15) is 0 Å². The summed E-state index contributed by atoms with van der Waals surface area (Å²) in [5, 5.41) is 0. The lowest BCUT2D eigenvalue weighted by Gasteiger charge is -2.05. The Balaban J connectivity index is 2.29. The van der Waals surface area contributed by atoms with Gasteiger partial charge in [0.1, 0.15) is 6.61 Å². The molecule has 0 aromatic heterocycles. The molecule has 0 aliphatic carbocycles. The molecule has 1 aromatic carbocycles. The molecule has 1 rings (SSSR count). The van der Waals surface area contributed by atoms with Crippen LogP contribution in [0.15, 0.2) is 29.2 Å². The number of carbonyl (C=O) groups is 1. The van der Waals surface area contributed by atoms with Crippen LogP contribution in [-0.2, 0) is 16.1 Å². The maximum Gasteiger partial charge on any atom is 0.260 e. The Labute approximate surface area is 99.7 Å². The predicted octanol–water partition coefficient (Wildman–Crippen LogP) is 1.18. The molecule has 0 atom stereocenters. The Bertz CT molecular complexity index is 327. The molecule has 1 aromatic rings.